The second-order valence-electron chi connectivity index (χ2n) is 3.56. The highest BCUT2D eigenvalue weighted by Crippen LogP contribution is 2.36. The molecule has 1 aliphatic rings. The highest BCUT2D eigenvalue weighted by Gasteiger charge is 2.20. The largest absolute Gasteiger partial charge is 0.308 e. The zero-order valence-electron chi connectivity index (χ0n) is 8.74. The molecule has 3 rings (SSSR count). The molecule has 2 aromatic heterocycles. The molecule has 0 aliphatic carbocycles. The van der Waals surface area contributed by atoms with Gasteiger partial charge in [-0.1, -0.05) is 0 Å². The second-order valence-corrected chi connectivity index (χ2v) is 7.01. The number of thioether (sulfide) groups is 1. The molecule has 0 saturated heterocycles. The zero-order valence-corrected chi connectivity index (χ0v) is 12.0. The number of hydrogen-bond acceptors (Lipinski definition) is 6. The minimum Gasteiger partial charge on any atom is -0.308 e. The Morgan fingerprint density at radius 3 is 2.88 bits per heavy atom. The van der Waals surface area contributed by atoms with E-state index in [1.54, 1.807) is 11.3 Å². The predicted octanol–water partition coefficient (Wildman–Crippen LogP) is 3.00. The first-order valence-electron chi connectivity index (χ1n) is 4.98. The lowest BCUT2D eigenvalue weighted by Gasteiger charge is -2.07. The first-order valence-corrected chi connectivity index (χ1v) is 7.74. The second kappa shape index (κ2) is 4.56. The molecule has 0 amide bonds. The molecule has 7 heteroatoms. The number of fused-ring (bicyclic) bond motifs is 1. The summed E-state index contributed by atoms with van der Waals surface area (Å²) in [6, 6.07) is 4.01. The number of nitrogens with zero attached hydrogens (tertiary/aromatic N) is 2. The Balaban J connectivity index is 2.12. The van der Waals surface area contributed by atoms with Gasteiger partial charge in [-0.15, -0.1) is 11.3 Å². The highest BCUT2D eigenvalue weighted by atomic mass is 79.9. The molecule has 0 unspecified atom stereocenters. The first kappa shape index (κ1) is 11.5. The van der Waals surface area contributed by atoms with Crippen LogP contribution in [0.4, 0.5) is 5.82 Å². The fourth-order valence-corrected chi connectivity index (χ4v) is 4.08. The van der Waals surface area contributed by atoms with Crippen molar-refractivity contribution in [1.29, 1.82) is 0 Å². The minimum absolute atomic E-state index is 0.745. The molecule has 0 bridgehead atoms. The van der Waals surface area contributed by atoms with Crippen LogP contribution in [0.3, 0.4) is 0 Å². The summed E-state index contributed by atoms with van der Waals surface area (Å²) in [6.07, 6.45) is 0. The Hall–Kier alpha value is -0.630. The van der Waals surface area contributed by atoms with Gasteiger partial charge >= 0.3 is 0 Å². The van der Waals surface area contributed by atoms with E-state index in [2.05, 4.69) is 31.3 Å². The molecule has 0 saturated carbocycles. The monoisotopic (exact) mass is 328 g/mol. The van der Waals surface area contributed by atoms with Crippen LogP contribution in [-0.2, 0) is 11.5 Å². The normalized spacial score (nSPS) is 13.8. The molecule has 0 fully saturated rings. The van der Waals surface area contributed by atoms with Gasteiger partial charge in [0.1, 0.15) is 5.82 Å². The molecule has 0 radical (unpaired) electrons. The average Bonchev–Trinajstić information content (AvgIpc) is 2.95. The van der Waals surface area contributed by atoms with Crippen LogP contribution in [-0.4, -0.2) is 9.97 Å². The van der Waals surface area contributed by atoms with E-state index in [1.165, 1.54) is 0 Å². The fraction of sp³-hybridized carbons (Fsp3) is 0.200. The Morgan fingerprint density at radius 2 is 2.18 bits per heavy atom. The first-order chi connectivity index (χ1) is 8.28. The van der Waals surface area contributed by atoms with Crippen LogP contribution in [0.5, 0.6) is 0 Å². The average molecular weight is 329 g/mol. The standard InChI is InChI=1S/C10H9BrN4S2/c11-8-2-1-7(17-8)10-13-6-4-16-3-5(6)9(14-10)15-12/h1-2H,3-4,12H2,(H,13,14,15). The molecular formula is C10H9BrN4S2. The number of aromatic nitrogens is 2. The Bertz CT molecular complexity index is 569. The van der Waals surface area contributed by atoms with Gasteiger partial charge in [-0.05, 0) is 28.1 Å². The van der Waals surface area contributed by atoms with Gasteiger partial charge in [-0.3, -0.25) is 0 Å². The van der Waals surface area contributed by atoms with Crippen molar-refractivity contribution in [2.75, 3.05) is 5.43 Å². The van der Waals surface area contributed by atoms with Crippen LogP contribution in [0.2, 0.25) is 0 Å². The van der Waals surface area contributed by atoms with Gasteiger partial charge in [0.05, 0.1) is 14.4 Å². The van der Waals surface area contributed by atoms with Crippen molar-refractivity contribution in [1.82, 2.24) is 9.97 Å². The van der Waals surface area contributed by atoms with Gasteiger partial charge in [0.25, 0.3) is 0 Å². The number of rotatable bonds is 2. The molecule has 2 aromatic rings. The Labute approximate surface area is 115 Å². The Kier molecular flexibility index (Phi) is 3.08. The summed E-state index contributed by atoms with van der Waals surface area (Å²) in [5, 5.41) is 0. The molecule has 1 aliphatic heterocycles. The van der Waals surface area contributed by atoms with E-state index >= 15 is 0 Å². The van der Waals surface area contributed by atoms with Crippen LogP contribution < -0.4 is 11.3 Å². The van der Waals surface area contributed by atoms with Crippen molar-refractivity contribution < 1.29 is 0 Å². The number of anilines is 1. The smallest absolute Gasteiger partial charge is 0.172 e. The van der Waals surface area contributed by atoms with Gasteiger partial charge in [0.15, 0.2) is 5.82 Å². The minimum atomic E-state index is 0.745. The predicted molar refractivity (Wildman–Crippen MR) is 75.9 cm³/mol. The summed E-state index contributed by atoms with van der Waals surface area (Å²) in [7, 11) is 0. The van der Waals surface area contributed by atoms with Gasteiger partial charge < -0.3 is 5.43 Å². The van der Waals surface area contributed by atoms with Crippen molar-refractivity contribution >= 4 is 44.8 Å². The maximum absolute atomic E-state index is 5.52. The molecule has 88 valence electrons. The van der Waals surface area contributed by atoms with E-state index in [9.17, 15) is 0 Å². The third-order valence-electron chi connectivity index (χ3n) is 2.51. The molecule has 0 atom stereocenters. The summed E-state index contributed by atoms with van der Waals surface area (Å²) in [5.41, 5.74) is 4.90. The summed E-state index contributed by atoms with van der Waals surface area (Å²) in [5.74, 6) is 8.88. The van der Waals surface area contributed by atoms with Crippen LogP contribution in [0.1, 0.15) is 11.3 Å². The molecule has 17 heavy (non-hydrogen) atoms. The van der Waals surface area contributed by atoms with Crippen molar-refractivity contribution in [2.45, 2.75) is 11.5 Å². The molecule has 0 spiro atoms. The summed E-state index contributed by atoms with van der Waals surface area (Å²) < 4.78 is 1.08. The number of hydrogen-bond donors (Lipinski definition) is 2. The van der Waals surface area contributed by atoms with E-state index in [4.69, 9.17) is 5.84 Å². The number of halogens is 1. The van der Waals surface area contributed by atoms with Crippen molar-refractivity contribution in [2.24, 2.45) is 5.84 Å². The number of nitrogens with one attached hydrogen (secondary N) is 1. The molecule has 4 nitrogen and oxygen atoms in total. The van der Waals surface area contributed by atoms with Crippen LogP contribution in [0, 0.1) is 0 Å². The molecule has 0 aromatic carbocycles. The van der Waals surface area contributed by atoms with Crippen LogP contribution in [0.25, 0.3) is 10.7 Å². The third kappa shape index (κ3) is 2.08. The lowest BCUT2D eigenvalue weighted by Crippen LogP contribution is -2.12. The maximum Gasteiger partial charge on any atom is 0.172 e. The van der Waals surface area contributed by atoms with E-state index in [1.807, 2.05) is 23.9 Å². The number of nitrogen functional groups attached to an aromatic ring is 1. The molecular weight excluding hydrogens is 320 g/mol. The van der Waals surface area contributed by atoms with Gasteiger partial charge in [0.2, 0.25) is 0 Å². The molecule has 3 N–H and O–H groups in total. The van der Waals surface area contributed by atoms with Crippen LogP contribution in [0.15, 0.2) is 15.9 Å². The summed E-state index contributed by atoms with van der Waals surface area (Å²) >= 11 is 6.91. The topological polar surface area (TPSA) is 63.8 Å². The maximum atomic E-state index is 5.52. The van der Waals surface area contributed by atoms with Crippen molar-refractivity contribution in [3.05, 3.63) is 27.2 Å². The number of nitrogens with two attached hydrogens (primary N) is 1. The third-order valence-corrected chi connectivity index (χ3v) is 5.10. The van der Waals surface area contributed by atoms with E-state index < -0.39 is 0 Å². The van der Waals surface area contributed by atoms with Crippen molar-refractivity contribution in [3.8, 4) is 10.7 Å². The zero-order chi connectivity index (χ0) is 11.8. The highest BCUT2D eigenvalue weighted by molar-refractivity contribution is 9.11. The van der Waals surface area contributed by atoms with Crippen LogP contribution >= 0.6 is 39.0 Å². The number of hydrazine groups is 1. The van der Waals surface area contributed by atoms with E-state index in [-0.39, 0.29) is 0 Å². The fourth-order valence-electron chi connectivity index (χ4n) is 1.72. The Morgan fingerprint density at radius 1 is 1.29 bits per heavy atom. The SMILES string of the molecule is NNc1nc(-c2ccc(Br)s2)nc2c1CSC2. The van der Waals surface area contributed by atoms with E-state index in [0.29, 0.717) is 0 Å². The van der Waals surface area contributed by atoms with E-state index in [0.717, 1.165) is 43.1 Å². The van der Waals surface area contributed by atoms with Gasteiger partial charge in [0, 0.05) is 17.1 Å². The van der Waals surface area contributed by atoms with Gasteiger partial charge in [-0.2, -0.15) is 11.8 Å². The van der Waals surface area contributed by atoms with Gasteiger partial charge in [-0.25, -0.2) is 15.8 Å². The lowest BCUT2D eigenvalue weighted by molar-refractivity contribution is 1.06. The molecule has 3 heterocycles. The summed E-state index contributed by atoms with van der Waals surface area (Å²) in [6.45, 7) is 0. The summed E-state index contributed by atoms with van der Waals surface area (Å²) in [4.78, 5) is 10.1. The lowest BCUT2D eigenvalue weighted by atomic mass is 10.2. The quantitative estimate of drug-likeness (QED) is 0.655. The van der Waals surface area contributed by atoms with Crippen molar-refractivity contribution in [3.63, 3.8) is 0 Å². The number of thiophene rings is 1.